The van der Waals surface area contributed by atoms with Crippen LogP contribution in [0.4, 0.5) is 0 Å². The van der Waals surface area contributed by atoms with Gasteiger partial charge in [0.25, 0.3) is 10.0 Å². The summed E-state index contributed by atoms with van der Waals surface area (Å²) >= 11 is 0. The summed E-state index contributed by atoms with van der Waals surface area (Å²) in [5, 5.41) is 12.9. The maximum atomic E-state index is 13.0. The zero-order valence-electron chi connectivity index (χ0n) is 22.0. The minimum atomic E-state index is -4.47. The van der Waals surface area contributed by atoms with Crippen LogP contribution < -0.4 is 15.8 Å². The maximum absolute atomic E-state index is 13.0. The van der Waals surface area contributed by atoms with Crippen LogP contribution >= 0.6 is 0 Å². The lowest BCUT2D eigenvalue weighted by Gasteiger charge is -2.21. The van der Waals surface area contributed by atoms with Crippen LogP contribution in [0.5, 0.6) is 5.75 Å². The highest BCUT2D eigenvalue weighted by molar-refractivity contribution is 7.88. The number of sulfonamides is 1. The normalized spacial score (nSPS) is 12.4. The highest BCUT2D eigenvalue weighted by atomic mass is 32.2. The summed E-state index contributed by atoms with van der Waals surface area (Å²) in [4.78, 5) is 29.7. The van der Waals surface area contributed by atoms with E-state index in [-0.39, 0.29) is 34.8 Å². The van der Waals surface area contributed by atoms with Crippen LogP contribution in [-0.2, 0) is 30.9 Å². The average molecular weight is 556 g/mol. The number of rotatable bonds is 13. The van der Waals surface area contributed by atoms with Crippen LogP contribution in [-0.4, -0.2) is 49.8 Å². The molecule has 208 valence electrons. The lowest BCUT2D eigenvalue weighted by molar-refractivity contribution is -0.286. The number of methoxy groups -OCH3 is 1. The van der Waals surface area contributed by atoms with Crippen LogP contribution in [0, 0.1) is 0 Å². The van der Waals surface area contributed by atoms with Crippen molar-refractivity contribution in [3.05, 3.63) is 83.9 Å². The number of carbonyl (C=O) groups excluding carboxylic acids is 2. The van der Waals surface area contributed by atoms with Gasteiger partial charge in [-0.25, -0.2) is 8.42 Å². The molecule has 10 nitrogen and oxygen atoms in total. The second kappa shape index (κ2) is 13.3. The monoisotopic (exact) mass is 555 g/mol. The Labute approximate surface area is 228 Å². The molecule has 2 amide bonds. The van der Waals surface area contributed by atoms with Crippen LogP contribution in [0.25, 0.3) is 11.1 Å². The molecule has 0 saturated carbocycles. The molecular formula is C28H33N3O7S. The van der Waals surface area contributed by atoms with E-state index in [2.05, 4.69) is 5.32 Å². The molecule has 0 fully saturated rings. The Morgan fingerprint density at radius 3 is 2.28 bits per heavy atom. The lowest BCUT2D eigenvalue weighted by atomic mass is 9.88. The molecule has 4 N–H and O–H groups in total. The van der Waals surface area contributed by atoms with Gasteiger partial charge >= 0.3 is 0 Å². The molecule has 0 spiro atoms. The van der Waals surface area contributed by atoms with Crippen LogP contribution in [0.2, 0.25) is 0 Å². The molecule has 3 rings (SSSR count). The van der Waals surface area contributed by atoms with Crippen LogP contribution in [0.3, 0.4) is 0 Å². The molecule has 0 radical (unpaired) electrons. The summed E-state index contributed by atoms with van der Waals surface area (Å²) in [5.41, 5.74) is 8.20. The Balaban J connectivity index is 1.94. The van der Waals surface area contributed by atoms with Crippen LogP contribution in [0.1, 0.15) is 37.3 Å². The van der Waals surface area contributed by atoms with E-state index in [1.54, 1.807) is 38.1 Å². The first-order chi connectivity index (χ1) is 18.5. The molecule has 0 aliphatic carbocycles. The summed E-state index contributed by atoms with van der Waals surface area (Å²) in [7, 11) is -2.93. The van der Waals surface area contributed by atoms with E-state index >= 15 is 0 Å². The Morgan fingerprint density at radius 2 is 1.69 bits per heavy atom. The molecule has 39 heavy (non-hydrogen) atoms. The quantitative estimate of drug-likeness (QED) is 0.274. The van der Waals surface area contributed by atoms with Gasteiger partial charge in [0.15, 0.2) is 0 Å². The molecule has 0 aromatic heterocycles. The highest BCUT2D eigenvalue weighted by Crippen LogP contribution is 2.34. The fourth-order valence-corrected chi connectivity index (χ4v) is 4.98. The molecule has 11 heteroatoms. The third-order valence-electron chi connectivity index (χ3n) is 5.91. The van der Waals surface area contributed by atoms with Crippen molar-refractivity contribution in [2.24, 2.45) is 5.73 Å². The first-order valence-corrected chi connectivity index (χ1v) is 13.8. The number of nitrogens with one attached hydrogen (secondary N) is 1. The zero-order chi connectivity index (χ0) is 28.6. The number of nitrogens with zero attached hydrogens (tertiary/aromatic N) is 1. The number of carbonyl (C=O) groups is 2. The Hall–Kier alpha value is -3.77. The van der Waals surface area contributed by atoms with Crippen molar-refractivity contribution in [3.8, 4) is 16.9 Å². The van der Waals surface area contributed by atoms with Crippen molar-refractivity contribution in [2.45, 2.75) is 43.6 Å². The second-order valence-corrected chi connectivity index (χ2v) is 10.8. The minimum absolute atomic E-state index is 0.119. The largest absolute Gasteiger partial charge is 0.497 e. The van der Waals surface area contributed by atoms with E-state index in [4.69, 9.17) is 15.3 Å². The number of benzene rings is 3. The van der Waals surface area contributed by atoms with Gasteiger partial charge in [-0.1, -0.05) is 48.5 Å². The Kier molecular flexibility index (Phi) is 10.2. The number of nitrogens with two attached hydrogens (primary N) is 1. The van der Waals surface area contributed by atoms with Gasteiger partial charge in [0.05, 0.1) is 35.1 Å². The average Bonchev–Trinajstić information content (AvgIpc) is 2.91. The molecule has 3 aromatic rings. The predicted molar refractivity (Wildman–Crippen MR) is 145 cm³/mol. The predicted octanol–water partition coefficient (Wildman–Crippen LogP) is 3.40. The molecule has 1 atom stereocenters. The summed E-state index contributed by atoms with van der Waals surface area (Å²) in [5.74, 6) is -1.25. The van der Waals surface area contributed by atoms with Gasteiger partial charge in [-0.2, -0.15) is 0 Å². The molecule has 0 unspecified atom stereocenters. The van der Waals surface area contributed by atoms with E-state index < -0.39 is 28.0 Å². The second-order valence-electron chi connectivity index (χ2n) is 9.10. The molecular weight excluding hydrogens is 522 g/mol. The molecule has 0 heterocycles. The number of ether oxygens (including phenoxy) is 1. The van der Waals surface area contributed by atoms with Crippen LogP contribution in [0.15, 0.2) is 77.7 Å². The van der Waals surface area contributed by atoms with Crippen molar-refractivity contribution in [3.63, 3.8) is 0 Å². The number of amides is 2. The molecule has 0 saturated heterocycles. The maximum Gasteiger partial charge on any atom is 0.288 e. The van der Waals surface area contributed by atoms with E-state index in [9.17, 15) is 23.2 Å². The van der Waals surface area contributed by atoms with Gasteiger partial charge in [0.2, 0.25) is 11.8 Å². The molecule has 3 aromatic carbocycles. The highest BCUT2D eigenvalue weighted by Gasteiger charge is 2.29. The fraction of sp³-hybridized carbons (Fsp3) is 0.286. The third-order valence-corrected chi connectivity index (χ3v) is 7.26. The first-order valence-electron chi connectivity index (χ1n) is 12.3. The van der Waals surface area contributed by atoms with Crippen molar-refractivity contribution in [1.29, 1.82) is 0 Å². The molecule has 0 aliphatic heterocycles. The zero-order valence-corrected chi connectivity index (χ0v) is 22.9. The molecule has 0 aliphatic rings. The van der Waals surface area contributed by atoms with Crippen molar-refractivity contribution < 1.29 is 32.8 Å². The van der Waals surface area contributed by atoms with Gasteiger partial charge in [-0.3, -0.25) is 19.6 Å². The van der Waals surface area contributed by atoms with E-state index in [1.807, 2.05) is 30.3 Å². The first kappa shape index (κ1) is 29.8. The fourth-order valence-electron chi connectivity index (χ4n) is 4.00. The number of hydrogen-bond donors (Lipinski definition) is 3. The number of primary amides is 1. The summed E-state index contributed by atoms with van der Waals surface area (Å²) in [6, 6.07) is 20.4. The van der Waals surface area contributed by atoms with Crippen molar-refractivity contribution in [2.75, 3.05) is 13.7 Å². The van der Waals surface area contributed by atoms with E-state index in [0.717, 1.165) is 5.56 Å². The van der Waals surface area contributed by atoms with Crippen molar-refractivity contribution >= 4 is 21.8 Å². The standard InChI is InChI=1S/C28H33N3O7S/c1-19(2)38-31(34)39(35,36)23-13-14-24(21-9-11-22(37-3)12-10-21)26(18-23)25(28(29)33)15-16-30-27(32)17-20-7-5-4-6-8-20/h4-14,18-19,25,34H,15-17H2,1-3H3,(H2,29,33)(H,30,32)/t25-/m1/s1. The number of hydrogen-bond acceptors (Lipinski definition) is 7. The van der Waals surface area contributed by atoms with E-state index in [1.165, 1.54) is 25.3 Å². The Bertz CT molecular complexity index is 1380. The summed E-state index contributed by atoms with van der Waals surface area (Å²) in [6.07, 6.45) is -0.316. The third kappa shape index (κ3) is 7.87. The smallest absolute Gasteiger partial charge is 0.288 e. The Morgan fingerprint density at radius 1 is 1.03 bits per heavy atom. The minimum Gasteiger partial charge on any atom is -0.497 e. The van der Waals surface area contributed by atoms with Gasteiger partial charge in [0, 0.05) is 6.54 Å². The van der Waals surface area contributed by atoms with Gasteiger partial charge < -0.3 is 15.8 Å². The summed E-state index contributed by atoms with van der Waals surface area (Å²) < 4.78 is 31.0. The van der Waals surface area contributed by atoms with Gasteiger partial charge in [-0.15, -0.1) is 0 Å². The SMILES string of the molecule is COc1ccc(-c2ccc(S(=O)(=O)N(O)OC(C)C)cc2[C@@H](CCNC(=O)Cc2ccccc2)C(N)=O)cc1. The topological polar surface area (TPSA) is 148 Å². The van der Waals surface area contributed by atoms with Crippen molar-refractivity contribution in [1.82, 2.24) is 9.95 Å². The summed E-state index contributed by atoms with van der Waals surface area (Å²) in [6.45, 7) is 3.25. The molecule has 0 bridgehead atoms. The lowest BCUT2D eigenvalue weighted by Crippen LogP contribution is -2.32. The van der Waals surface area contributed by atoms with E-state index in [0.29, 0.717) is 22.4 Å². The van der Waals surface area contributed by atoms with Gasteiger partial charge in [0.1, 0.15) is 5.75 Å². The van der Waals surface area contributed by atoms with Gasteiger partial charge in [-0.05, 0) is 66.8 Å².